The lowest BCUT2D eigenvalue weighted by Crippen LogP contribution is -2.36. The maximum atomic E-state index is 9.86. The molecule has 0 amide bonds. The number of aliphatic hydroxyl groups excluding tert-OH is 1. The fourth-order valence-electron chi connectivity index (χ4n) is 2.75. The highest BCUT2D eigenvalue weighted by molar-refractivity contribution is 5.85. The summed E-state index contributed by atoms with van der Waals surface area (Å²) in [5.41, 5.74) is 1.31. The van der Waals surface area contributed by atoms with Gasteiger partial charge in [0.05, 0.1) is 19.3 Å². The van der Waals surface area contributed by atoms with Gasteiger partial charge in [-0.3, -0.25) is 0 Å². The first-order valence-corrected chi connectivity index (χ1v) is 8.49. The molecule has 1 aromatic carbocycles. The number of ether oxygens (including phenoxy) is 2. The van der Waals surface area contributed by atoms with Gasteiger partial charge in [0.1, 0.15) is 12.4 Å². The molecule has 23 heavy (non-hydrogen) atoms. The number of aliphatic hydroxyl groups is 1. The summed E-state index contributed by atoms with van der Waals surface area (Å²) in [6.07, 6.45) is 5.68. The Kier molecular flexibility index (Phi) is 10.3. The largest absolute Gasteiger partial charge is 0.491 e. The average molecular weight is 344 g/mol. The van der Waals surface area contributed by atoms with Gasteiger partial charge in [0.2, 0.25) is 0 Å². The fourth-order valence-corrected chi connectivity index (χ4v) is 2.75. The molecule has 0 aromatic heterocycles. The zero-order valence-corrected chi connectivity index (χ0v) is 14.8. The molecule has 0 heterocycles. The Bertz CT molecular complexity index is 407. The predicted octanol–water partition coefficient (Wildman–Crippen LogP) is 2.96. The lowest BCUT2D eigenvalue weighted by Gasteiger charge is -2.16. The molecule has 2 N–H and O–H groups in total. The molecule has 4 nitrogen and oxygen atoms in total. The van der Waals surface area contributed by atoms with Crippen molar-refractivity contribution in [3.05, 3.63) is 29.8 Å². The van der Waals surface area contributed by atoms with Gasteiger partial charge in [-0.15, -0.1) is 12.4 Å². The summed E-state index contributed by atoms with van der Waals surface area (Å²) in [6.45, 7) is 4.11. The van der Waals surface area contributed by atoms with Gasteiger partial charge in [-0.05, 0) is 37.0 Å². The fraction of sp³-hybridized carbons (Fsp3) is 0.667. The van der Waals surface area contributed by atoms with E-state index in [0.717, 1.165) is 12.2 Å². The third-order valence-electron chi connectivity index (χ3n) is 4.14. The molecule has 132 valence electrons. The smallest absolute Gasteiger partial charge is 0.119 e. The lowest BCUT2D eigenvalue weighted by molar-refractivity contribution is 0.0241. The van der Waals surface area contributed by atoms with E-state index in [4.69, 9.17) is 9.47 Å². The van der Waals surface area contributed by atoms with Crippen molar-refractivity contribution >= 4 is 12.4 Å². The summed E-state index contributed by atoms with van der Waals surface area (Å²) in [6, 6.07) is 8.71. The first-order valence-electron chi connectivity index (χ1n) is 8.49. The van der Waals surface area contributed by atoms with Crippen molar-refractivity contribution in [1.82, 2.24) is 5.32 Å². The molecule has 0 aliphatic heterocycles. The monoisotopic (exact) mass is 343 g/mol. The van der Waals surface area contributed by atoms with E-state index in [0.29, 0.717) is 32.4 Å². The molecule has 1 aromatic rings. The molecule has 0 unspecified atom stereocenters. The van der Waals surface area contributed by atoms with Crippen molar-refractivity contribution in [2.45, 2.75) is 51.2 Å². The Morgan fingerprint density at radius 3 is 2.52 bits per heavy atom. The Balaban J connectivity index is 0.00000264. The number of nitrogens with one attached hydrogen (secondary N) is 1. The Morgan fingerprint density at radius 1 is 1.17 bits per heavy atom. The molecule has 0 spiro atoms. The number of halogens is 1. The quantitative estimate of drug-likeness (QED) is 0.641. The van der Waals surface area contributed by atoms with Gasteiger partial charge in [0.15, 0.2) is 0 Å². The maximum absolute atomic E-state index is 9.86. The van der Waals surface area contributed by atoms with Crippen molar-refractivity contribution < 1.29 is 14.6 Å². The summed E-state index contributed by atoms with van der Waals surface area (Å²) in [4.78, 5) is 0. The van der Waals surface area contributed by atoms with Gasteiger partial charge in [-0.2, -0.15) is 0 Å². The zero-order valence-electron chi connectivity index (χ0n) is 14.0. The summed E-state index contributed by atoms with van der Waals surface area (Å²) < 4.78 is 11.1. The Labute approximate surface area is 146 Å². The molecule has 1 aliphatic rings. The van der Waals surface area contributed by atoms with Crippen LogP contribution in [0.4, 0.5) is 0 Å². The van der Waals surface area contributed by atoms with Crippen LogP contribution in [0.25, 0.3) is 0 Å². The molecule has 0 saturated heterocycles. The second kappa shape index (κ2) is 11.7. The minimum absolute atomic E-state index is 0. The van der Waals surface area contributed by atoms with E-state index < -0.39 is 6.10 Å². The number of benzene rings is 1. The summed E-state index contributed by atoms with van der Waals surface area (Å²) >= 11 is 0. The van der Waals surface area contributed by atoms with Crippen LogP contribution in [-0.4, -0.2) is 43.6 Å². The summed E-state index contributed by atoms with van der Waals surface area (Å²) in [5, 5.41) is 13.3. The van der Waals surface area contributed by atoms with E-state index in [1.54, 1.807) is 0 Å². The summed E-state index contributed by atoms with van der Waals surface area (Å²) in [7, 11) is 0. The first kappa shape index (κ1) is 20.2. The molecule has 1 aliphatic carbocycles. The lowest BCUT2D eigenvalue weighted by atomic mass is 10.2. The van der Waals surface area contributed by atoms with Crippen LogP contribution in [0.1, 0.15) is 38.2 Å². The summed E-state index contributed by atoms with van der Waals surface area (Å²) in [5.74, 6) is 0.865. The highest BCUT2D eigenvalue weighted by Crippen LogP contribution is 2.17. The number of hydrogen-bond acceptors (Lipinski definition) is 4. The first-order chi connectivity index (χ1) is 10.8. The van der Waals surface area contributed by atoms with E-state index in [2.05, 4.69) is 24.4 Å². The maximum Gasteiger partial charge on any atom is 0.119 e. The highest BCUT2D eigenvalue weighted by Gasteiger charge is 2.15. The minimum Gasteiger partial charge on any atom is -0.491 e. The van der Waals surface area contributed by atoms with Crippen molar-refractivity contribution in [3.8, 4) is 5.75 Å². The topological polar surface area (TPSA) is 50.7 Å². The number of rotatable bonds is 10. The molecule has 1 saturated carbocycles. The predicted molar refractivity (Wildman–Crippen MR) is 95.6 cm³/mol. The van der Waals surface area contributed by atoms with Crippen LogP contribution in [0.15, 0.2) is 24.3 Å². The second-order valence-corrected chi connectivity index (χ2v) is 5.96. The molecule has 0 radical (unpaired) electrons. The van der Waals surface area contributed by atoms with E-state index in [-0.39, 0.29) is 12.4 Å². The Hall–Kier alpha value is -0.810. The van der Waals surface area contributed by atoms with Crippen molar-refractivity contribution in [3.63, 3.8) is 0 Å². The van der Waals surface area contributed by atoms with Gasteiger partial charge in [0.25, 0.3) is 0 Å². The van der Waals surface area contributed by atoms with Gasteiger partial charge in [-0.1, -0.05) is 31.9 Å². The highest BCUT2D eigenvalue weighted by atomic mass is 35.5. The van der Waals surface area contributed by atoms with E-state index in [1.807, 2.05) is 12.1 Å². The van der Waals surface area contributed by atoms with Crippen molar-refractivity contribution in [2.24, 2.45) is 0 Å². The molecule has 0 bridgehead atoms. The van der Waals surface area contributed by atoms with Gasteiger partial charge in [0, 0.05) is 12.6 Å². The van der Waals surface area contributed by atoms with Crippen LogP contribution < -0.4 is 10.1 Å². The zero-order chi connectivity index (χ0) is 15.6. The van der Waals surface area contributed by atoms with E-state index in [9.17, 15) is 5.11 Å². The van der Waals surface area contributed by atoms with Gasteiger partial charge < -0.3 is 19.9 Å². The molecule has 1 atom stereocenters. The van der Waals surface area contributed by atoms with E-state index >= 15 is 0 Å². The second-order valence-electron chi connectivity index (χ2n) is 5.96. The van der Waals surface area contributed by atoms with Crippen LogP contribution in [0.5, 0.6) is 5.75 Å². The Morgan fingerprint density at radius 2 is 1.87 bits per heavy atom. The van der Waals surface area contributed by atoms with Crippen molar-refractivity contribution in [1.29, 1.82) is 0 Å². The van der Waals surface area contributed by atoms with Crippen LogP contribution in [0.3, 0.4) is 0 Å². The number of hydrogen-bond donors (Lipinski definition) is 2. The minimum atomic E-state index is -0.440. The van der Waals surface area contributed by atoms with Gasteiger partial charge in [-0.25, -0.2) is 0 Å². The molecule has 2 rings (SSSR count). The SMILES string of the molecule is CCc1ccc(OCCOC[C@H](O)CNC2CCCC2)cc1.Cl. The third-order valence-corrected chi connectivity index (χ3v) is 4.14. The molecular weight excluding hydrogens is 314 g/mol. The molecular formula is C18H30ClNO3. The standard InChI is InChI=1S/C18H29NO3.ClH/c1-2-15-7-9-18(10-8-15)22-12-11-21-14-17(20)13-19-16-5-3-4-6-16;/h7-10,16-17,19-20H,2-6,11-14H2,1H3;1H/t17-;/m1./s1. The molecule has 5 heteroatoms. The molecule has 1 fully saturated rings. The van der Waals surface area contributed by atoms with Crippen LogP contribution >= 0.6 is 12.4 Å². The van der Waals surface area contributed by atoms with Crippen molar-refractivity contribution in [2.75, 3.05) is 26.4 Å². The van der Waals surface area contributed by atoms with Crippen LogP contribution in [0, 0.1) is 0 Å². The van der Waals surface area contributed by atoms with Crippen LogP contribution in [0.2, 0.25) is 0 Å². The normalized spacial score (nSPS) is 16.1. The van der Waals surface area contributed by atoms with E-state index in [1.165, 1.54) is 31.2 Å². The third kappa shape index (κ3) is 8.02. The average Bonchev–Trinajstić information content (AvgIpc) is 3.06. The van der Waals surface area contributed by atoms with Gasteiger partial charge >= 0.3 is 0 Å². The van der Waals surface area contributed by atoms with Crippen LogP contribution in [-0.2, 0) is 11.2 Å². The number of aryl methyl sites for hydroxylation is 1.